The molecule has 0 amide bonds. The summed E-state index contributed by atoms with van der Waals surface area (Å²) in [4.78, 5) is 14.6. The Labute approximate surface area is 119 Å². The Kier molecular flexibility index (Phi) is 7.43. The fourth-order valence-corrected chi connectivity index (χ4v) is 1.79. The number of methoxy groups -OCH3 is 1. The molecule has 7 heteroatoms. The van der Waals surface area contributed by atoms with E-state index < -0.39 is 0 Å². The van der Waals surface area contributed by atoms with E-state index in [0.717, 1.165) is 39.1 Å². The molecule has 0 unspecified atom stereocenters. The van der Waals surface area contributed by atoms with Gasteiger partial charge in [0.15, 0.2) is 0 Å². The number of nitrogens with one attached hydrogen (secondary N) is 1. The molecule has 0 atom stereocenters. The number of anilines is 2. The molecular formula is C12H22ClN5O. The third kappa shape index (κ3) is 5.57. The normalized spacial score (nSPS) is 10.5. The number of hydrogen-bond donors (Lipinski definition) is 1. The average molecular weight is 288 g/mol. The molecule has 108 valence electrons. The van der Waals surface area contributed by atoms with Gasteiger partial charge in [0.2, 0.25) is 17.2 Å². The first-order valence-electron chi connectivity index (χ1n) is 6.60. The molecule has 1 aromatic rings. The molecule has 0 bridgehead atoms. The van der Waals surface area contributed by atoms with Crippen LogP contribution in [0.25, 0.3) is 0 Å². The lowest BCUT2D eigenvalue weighted by Crippen LogP contribution is -2.25. The Bertz CT molecular complexity index is 373. The van der Waals surface area contributed by atoms with Crippen molar-refractivity contribution >= 4 is 23.5 Å². The van der Waals surface area contributed by atoms with E-state index in [1.54, 1.807) is 7.11 Å². The number of unbranched alkanes of at least 4 members (excludes halogenated alkanes) is 1. The minimum Gasteiger partial charge on any atom is -0.385 e. The maximum atomic E-state index is 5.92. The second-order valence-corrected chi connectivity index (χ2v) is 4.37. The van der Waals surface area contributed by atoms with Crippen LogP contribution in [0.2, 0.25) is 5.28 Å². The highest BCUT2D eigenvalue weighted by Crippen LogP contribution is 2.13. The van der Waals surface area contributed by atoms with Gasteiger partial charge in [0.1, 0.15) is 0 Å². The summed E-state index contributed by atoms with van der Waals surface area (Å²) >= 11 is 5.92. The van der Waals surface area contributed by atoms with Gasteiger partial charge in [-0.3, -0.25) is 0 Å². The molecule has 0 saturated heterocycles. The molecule has 6 nitrogen and oxygen atoms in total. The quantitative estimate of drug-likeness (QED) is 0.703. The summed E-state index contributed by atoms with van der Waals surface area (Å²) in [7, 11) is 1.70. The van der Waals surface area contributed by atoms with Crippen molar-refractivity contribution in [1.82, 2.24) is 15.0 Å². The molecule has 1 N–H and O–H groups in total. The van der Waals surface area contributed by atoms with Crippen LogP contribution in [0.3, 0.4) is 0 Å². The highest BCUT2D eigenvalue weighted by Gasteiger charge is 2.09. The van der Waals surface area contributed by atoms with Gasteiger partial charge < -0.3 is 15.0 Å². The van der Waals surface area contributed by atoms with E-state index in [1.807, 2.05) is 4.90 Å². The fourth-order valence-electron chi connectivity index (χ4n) is 1.64. The first kappa shape index (κ1) is 15.9. The van der Waals surface area contributed by atoms with E-state index in [0.29, 0.717) is 11.9 Å². The van der Waals surface area contributed by atoms with Crippen LogP contribution in [0.1, 0.15) is 26.7 Å². The lowest BCUT2D eigenvalue weighted by molar-refractivity contribution is 0.193. The van der Waals surface area contributed by atoms with Gasteiger partial charge >= 0.3 is 0 Å². The van der Waals surface area contributed by atoms with Gasteiger partial charge in [-0.2, -0.15) is 15.0 Å². The van der Waals surface area contributed by atoms with Crippen LogP contribution in [0.15, 0.2) is 0 Å². The van der Waals surface area contributed by atoms with Crippen molar-refractivity contribution < 1.29 is 4.74 Å². The average Bonchev–Trinajstić information content (AvgIpc) is 2.39. The zero-order chi connectivity index (χ0) is 14.1. The van der Waals surface area contributed by atoms with Crippen molar-refractivity contribution in [3.8, 4) is 0 Å². The molecule has 1 rings (SSSR count). The van der Waals surface area contributed by atoms with Crippen LogP contribution >= 0.6 is 11.6 Å². The molecule has 0 aromatic carbocycles. The molecule has 0 aliphatic carbocycles. The smallest absolute Gasteiger partial charge is 0.231 e. The summed E-state index contributed by atoms with van der Waals surface area (Å²) in [6.07, 6.45) is 2.00. The van der Waals surface area contributed by atoms with Crippen LogP contribution in [0.4, 0.5) is 11.9 Å². The standard InChI is InChI=1S/C12H22ClN5O/c1-4-18(5-2)12-16-10(13)15-11(17-12)14-8-6-7-9-19-3/h4-9H2,1-3H3,(H,14,15,16,17). The summed E-state index contributed by atoms with van der Waals surface area (Å²) in [5.41, 5.74) is 0. The molecule has 19 heavy (non-hydrogen) atoms. The Morgan fingerprint density at radius 2 is 1.89 bits per heavy atom. The van der Waals surface area contributed by atoms with Gasteiger partial charge in [0.05, 0.1) is 0 Å². The summed E-state index contributed by atoms with van der Waals surface area (Å²) in [5.74, 6) is 1.14. The molecule has 0 radical (unpaired) electrons. The van der Waals surface area contributed by atoms with Gasteiger partial charge in [0, 0.05) is 33.4 Å². The van der Waals surface area contributed by atoms with Gasteiger partial charge in [-0.05, 0) is 38.3 Å². The Morgan fingerprint density at radius 1 is 1.16 bits per heavy atom. The number of rotatable bonds is 9. The second-order valence-electron chi connectivity index (χ2n) is 4.03. The van der Waals surface area contributed by atoms with E-state index in [1.165, 1.54) is 0 Å². The first-order chi connectivity index (χ1) is 9.21. The monoisotopic (exact) mass is 287 g/mol. The third-order valence-corrected chi connectivity index (χ3v) is 2.87. The van der Waals surface area contributed by atoms with Gasteiger partial charge in [0.25, 0.3) is 0 Å². The SMILES string of the molecule is CCN(CC)c1nc(Cl)nc(NCCCCOC)n1. The van der Waals surface area contributed by atoms with Crippen LogP contribution in [-0.2, 0) is 4.74 Å². The first-order valence-corrected chi connectivity index (χ1v) is 6.98. The summed E-state index contributed by atoms with van der Waals surface area (Å²) in [5, 5.41) is 3.38. The predicted octanol–water partition coefficient (Wildman–Crippen LogP) is 2.21. The zero-order valence-electron chi connectivity index (χ0n) is 11.8. The number of halogens is 1. The van der Waals surface area contributed by atoms with Gasteiger partial charge in [-0.15, -0.1) is 0 Å². The van der Waals surface area contributed by atoms with Crippen molar-refractivity contribution in [3.63, 3.8) is 0 Å². The Morgan fingerprint density at radius 3 is 2.53 bits per heavy atom. The number of aromatic nitrogens is 3. The minimum atomic E-state index is 0.219. The van der Waals surface area contributed by atoms with Crippen molar-refractivity contribution in [2.45, 2.75) is 26.7 Å². The predicted molar refractivity (Wildman–Crippen MR) is 78.0 cm³/mol. The van der Waals surface area contributed by atoms with E-state index in [9.17, 15) is 0 Å². The summed E-state index contributed by atoms with van der Waals surface area (Å²) in [6, 6.07) is 0. The van der Waals surface area contributed by atoms with Crippen molar-refractivity contribution in [2.24, 2.45) is 0 Å². The van der Waals surface area contributed by atoms with Crippen LogP contribution in [0, 0.1) is 0 Å². The minimum absolute atomic E-state index is 0.219. The van der Waals surface area contributed by atoms with E-state index >= 15 is 0 Å². The summed E-state index contributed by atoms with van der Waals surface area (Å²) < 4.78 is 5.00. The maximum absolute atomic E-state index is 5.92. The van der Waals surface area contributed by atoms with Crippen LogP contribution < -0.4 is 10.2 Å². The van der Waals surface area contributed by atoms with Gasteiger partial charge in [-0.1, -0.05) is 0 Å². The fraction of sp³-hybridized carbons (Fsp3) is 0.750. The van der Waals surface area contributed by atoms with E-state index in [-0.39, 0.29) is 5.28 Å². The molecule has 1 heterocycles. The topological polar surface area (TPSA) is 63.2 Å². The molecule has 0 aliphatic heterocycles. The second kappa shape index (κ2) is 8.87. The van der Waals surface area contributed by atoms with Crippen molar-refractivity contribution in [1.29, 1.82) is 0 Å². The molecule has 0 spiro atoms. The van der Waals surface area contributed by atoms with Crippen LogP contribution in [0.5, 0.6) is 0 Å². The zero-order valence-corrected chi connectivity index (χ0v) is 12.6. The lowest BCUT2D eigenvalue weighted by atomic mass is 10.3. The molecular weight excluding hydrogens is 266 g/mol. The number of ether oxygens (including phenoxy) is 1. The Balaban J connectivity index is 2.58. The number of hydrogen-bond acceptors (Lipinski definition) is 6. The molecule has 0 fully saturated rings. The lowest BCUT2D eigenvalue weighted by Gasteiger charge is -2.18. The van der Waals surface area contributed by atoms with Crippen molar-refractivity contribution in [3.05, 3.63) is 5.28 Å². The number of nitrogens with zero attached hydrogens (tertiary/aromatic N) is 4. The van der Waals surface area contributed by atoms with Crippen molar-refractivity contribution in [2.75, 3.05) is 43.6 Å². The summed E-state index contributed by atoms with van der Waals surface area (Å²) in [6.45, 7) is 7.35. The Hall–Kier alpha value is -1.14. The third-order valence-electron chi connectivity index (χ3n) is 2.70. The van der Waals surface area contributed by atoms with Gasteiger partial charge in [-0.25, -0.2) is 0 Å². The highest BCUT2D eigenvalue weighted by atomic mass is 35.5. The van der Waals surface area contributed by atoms with Crippen LogP contribution in [-0.4, -0.2) is 48.3 Å². The van der Waals surface area contributed by atoms with E-state index in [4.69, 9.17) is 16.3 Å². The molecule has 0 aliphatic rings. The molecule has 1 aromatic heterocycles. The highest BCUT2D eigenvalue weighted by molar-refractivity contribution is 6.28. The van der Waals surface area contributed by atoms with E-state index in [2.05, 4.69) is 34.1 Å². The largest absolute Gasteiger partial charge is 0.385 e. The maximum Gasteiger partial charge on any atom is 0.231 e. The molecule has 0 saturated carbocycles.